The summed E-state index contributed by atoms with van der Waals surface area (Å²) in [5, 5.41) is 0. The predicted molar refractivity (Wildman–Crippen MR) is 77.4 cm³/mol. The van der Waals surface area contributed by atoms with Crippen LogP contribution < -0.4 is 0 Å². The number of ketones is 1. The fourth-order valence-electron chi connectivity index (χ4n) is 3.02. The van der Waals surface area contributed by atoms with E-state index < -0.39 is 11.4 Å². The van der Waals surface area contributed by atoms with Crippen LogP contribution in [-0.4, -0.2) is 18.4 Å². The van der Waals surface area contributed by atoms with Crippen molar-refractivity contribution in [2.75, 3.05) is 6.61 Å². The molecule has 0 amide bonds. The highest BCUT2D eigenvalue weighted by molar-refractivity contribution is 6.04. The normalized spacial score (nSPS) is 22.1. The fraction of sp³-hybridized carbons (Fsp3) is 0.529. The quantitative estimate of drug-likeness (QED) is 0.631. The second kappa shape index (κ2) is 6.37. The number of hydrogen-bond acceptors (Lipinski definition) is 3. The molecule has 4 heteroatoms. The Morgan fingerprint density at radius 2 is 2.14 bits per heavy atom. The van der Waals surface area contributed by atoms with Gasteiger partial charge in [-0.05, 0) is 56.4 Å². The minimum atomic E-state index is -1.09. The molecule has 3 nitrogen and oxygen atoms in total. The van der Waals surface area contributed by atoms with Gasteiger partial charge in [-0.15, -0.1) is 0 Å². The van der Waals surface area contributed by atoms with Gasteiger partial charge in [-0.3, -0.25) is 9.59 Å². The van der Waals surface area contributed by atoms with Gasteiger partial charge in [-0.1, -0.05) is 12.5 Å². The topological polar surface area (TPSA) is 43.4 Å². The van der Waals surface area contributed by atoms with Crippen molar-refractivity contribution in [3.63, 3.8) is 0 Å². The third kappa shape index (κ3) is 3.14. The van der Waals surface area contributed by atoms with Crippen molar-refractivity contribution in [3.05, 3.63) is 35.1 Å². The number of Topliss-reactive ketones (excluding diaryl/α,β-unsaturated/α-hetero) is 1. The van der Waals surface area contributed by atoms with Crippen LogP contribution in [0.4, 0.5) is 4.39 Å². The second-order valence-electron chi connectivity index (χ2n) is 5.68. The molecule has 1 aromatic carbocycles. The van der Waals surface area contributed by atoms with Crippen LogP contribution in [0.1, 0.15) is 43.7 Å². The highest BCUT2D eigenvalue weighted by Gasteiger charge is 2.48. The molecule has 1 atom stereocenters. The molecule has 114 valence electrons. The van der Waals surface area contributed by atoms with Crippen LogP contribution in [-0.2, 0) is 20.7 Å². The maximum absolute atomic E-state index is 13.2. The Morgan fingerprint density at radius 3 is 2.76 bits per heavy atom. The van der Waals surface area contributed by atoms with E-state index in [4.69, 9.17) is 4.74 Å². The highest BCUT2D eigenvalue weighted by Crippen LogP contribution is 2.38. The third-order valence-electron chi connectivity index (χ3n) is 4.25. The average Bonchev–Trinajstić information content (AvgIpc) is 2.44. The summed E-state index contributed by atoms with van der Waals surface area (Å²) in [5.74, 6) is -0.786. The smallest absolute Gasteiger partial charge is 0.319 e. The van der Waals surface area contributed by atoms with Crippen molar-refractivity contribution in [2.24, 2.45) is 5.41 Å². The molecule has 1 aromatic rings. The van der Waals surface area contributed by atoms with E-state index in [9.17, 15) is 14.0 Å². The van der Waals surface area contributed by atoms with E-state index in [-0.39, 0.29) is 18.2 Å². The molecule has 2 rings (SSSR count). The molecular weight excluding hydrogens is 271 g/mol. The fourth-order valence-corrected chi connectivity index (χ4v) is 3.02. The molecule has 1 aliphatic rings. The number of halogens is 1. The molecule has 0 N–H and O–H groups in total. The first-order valence-electron chi connectivity index (χ1n) is 7.45. The zero-order valence-corrected chi connectivity index (χ0v) is 12.6. The standard InChI is InChI=1S/C17H21FO3/c1-3-21-16(20)17(9-5-4-6-15(17)19)11-13-7-8-14(18)10-12(13)2/h7-8,10H,3-6,9,11H2,1-2H3. The maximum atomic E-state index is 13.2. The largest absolute Gasteiger partial charge is 0.465 e. The first-order valence-corrected chi connectivity index (χ1v) is 7.45. The van der Waals surface area contributed by atoms with Gasteiger partial charge in [-0.25, -0.2) is 4.39 Å². The summed E-state index contributed by atoms with van der Waals surface area (Å²) in [7, 11) is 0. The lowest BCUT2D eigenvalue weighted by Crippen LogP contribution is -2.44. The predicted octanol–water partition coefficient (Wildman–Crippen LogP) is 3.37. The van der Waals surface area contributed by atoms with Gasteiger partial charge in [0.15, 0.2) is 5.78 Å². The van der Waals surface area contributed by atoms with E-state index in [2.05, 4.69) is 0 Å². The Bertz CT molecular complexity index is 553. The summed E-state index contributed by atoms with van der Waals surface area (Å²) < 4.78 is 18.4. The van der Waals surface area contributed by atoms with Gasteiger partial charge in [-0.2, -0.15) is 0 Å². The Hall–Kier alpha value is -1.71. The van der Waals surface area contributed by atoms with Gasteiger partial charge >= 0.3 is 5.97 Å². The van der Waals surface area contributed by atoms with Gasteiger partial charge in [0.05, 0.1) is 6.61 Å². The molecule has 1 saturated carbocycles. The zero-order chi connectivity index (χ0) is 15.5. The summed E-state index contributed by atoms with van der Waals surface area (Å²) in [4.78, 5) is 24.8. The number of hydrogen-bond donors (Lipinski definition) is 0. The van der Waals surface area contributed by atoms with Crippen molar-refractivity contribution in [1.29, 1.82) is 0 Å². The third-order valence-corrected chi connectivity index (χ3v) is 4.25. The first kappa shape index (κ1) is 15.7. The summed E-state index contributed by atoms with van der Waals surface area (Å²) in [5.41, 5.74) is 0.508. The monoisotopic (exact) mass is 292 g/mol. The van der Waals surface area contributed by atoms with E-state index in [1.54, 1.807) is 19.9 Å². The van der Waals surface area contributed by atoms with Crippen LogP contribution in [0, 0.1) is 18.2 Å². The molecule has 1 aliphatic carbocycles. The molecule has 0 saturated heterocycles. The number of esters is 1. The summed E-state index contributed by atoms with van der Waals surface area (Å²) in [6, 6.07) is 4.46. The Balaban J connectivity index is 2.35. The minimum Gasteiger partial charge on any atom is -0.465 e. The Morgan fingerprint density at radius 1 is 1.38 bits per heavy atom. The Kier molecular flexibility index (Phi) is 4.76. The molecular formula is C17H21FO3. The summed E-state index contributed by atoms with van der Waals surface area (Å²) in [6.07, 6.45) is 2.89. The minimum absolute atomic E-state index is 0.0454. The number of benzene rings is 1. The van der Waals surface area contributed by atoms with Crippen LogP contribution in [0.2, 0.25) is 0 Å². The van der Waals surface area contributed by atoms with Gasteiger partial charge in [0.2, 0.25) is 0 Å². The molecule has 21 heavy (non-hydrogen) atoms. The molecule has 0 aromatic heterocycles. The number of aryl methyl sites for hydroxylation is 1. The van der Waals surface area contributed by atoms with Gasteiger partial charge < -0.3 is 4.74 Å². The number of rotatable bonds is 4. The molecule has 0 spiro atoms. The highest BCUT2D eigenvalue weighted by atomic mass is 19.1. The van der Waals surface area contributed by atoms with E-state index >= 15 is 0 Å². The van der Waals surface area contributed by atoms with Crippen molar-refractivity contribution in [1.82, 2.24) is 0 Å². The number of carbonyl (C=O) groups is 2. The average molecular weight is 292 g/mol. The SMILES string of the molecule is CCOC(=O)C1(Cc2ccc(F)cc2C)CCCCC1=O. The molecule has 1 fully saturated rings. The van der Waals surface area contributed by atoms with Gasteiger partial charge in [0, 0.05) is 6.42 Å². The van der Waals surface area contributed by atoms with Crippen LogP contribution in [0.15, 0.2) is 18.2 Å². The molecule has 0 heterocycles. The lowest BCUT2D eigenvalue weighted by Gasteiger charge is -2.33. The van der Waals surface area contributed by atoms with E-state index in [1.165, 1.54) is 12.1 Å². The summed E-state index contributed by atoms with van der Waals surface area (Å²) in [6.45, 7) is 3.79. The zero-order valence-electron chi connectivity index (χ0n) is 12.6. The second-order valence-corrected chi connectivity index (χ2v) is 5.68. The van der Waals surface area contributed by atoms with Crippen LogP contribution in [0.25, 0.3) is 0 Å². The van der Waals surface area contributed by atoms with Crippen LogP contribution >= 0.6 is 0 Å². The van der Waals surface area contributed by atoms with E-state index in [0.717, 1.165) is 24.0 Å². The lowest BCUT2D eigenvalue weighted by atomic mass is 9.69. The molecule has 0 aliphatic heterocycles. The number of carbonyl (C=O) groups excluding carboxylic acids is 2. The van der Waals surface area contributed by atoms with Crippen molar-refractivity contribution >= 4 is 11.8 Å². The van der Waals surface area contributed by atoms with Gasteiger partial charge in [0.25, 0.3) is 0 Å². The van der Waals surface area contributed by atoms with Crippen molar-refractivity contribution < 1.29 is 18.7 Å². The van der Waals surface area contributed by atoms with Crippen molar-refractivity contribution in [2.45, 2.75) is 46.0 Å². The summed E-state index contributed by atoms with van der Waals surface area (Å²) >= 11 is 0. The lowest BCUT2D eigenvalue weighted by molar-refractivity contribution is -0.162. The number of ether oxygens (including phenoxy) is 1. The Labute approximate surface area is 124 Å². The molecule has 0 bridgehead atoms. The van der Waals surface area contributed by atoms with Crippen molar-refractivity contribution in [3.8, 4) is 0 Å². The first-order chi connectivity index (χ1) is 9.99. The van der Waals surface area contributed by atoms with Crippen LogP contribution in [0.3, 0.4) is 0 Å². The van der Waals surface area contributed by atoms with E-state index in [1.807, 2.05) is 0 Å². The maximum Gasteiger partial charge on any atom is 0.319 e. The van der Waals surface area contributed by atoms with Gasteiger partial charge in [0.1, 0.15) is 11.2 Å². The van der Waals surface area contributed by atoms with E-state index in [0.29, 0.717) is 19.3 Å². The van der Waals surface area contributed by atoms with Crippen LogP contribution in [0.5, 0.6) is 0 Å². The molecule has 0 radical (unpaired) electrons. The molecule has 1 unspecified atom stereocenters.